The predicted octanol–water partition coefficient (Wildman–Crippen LogP) is 3.52. The molecule has 1 N–H and O–H groups in total. The Morgan fingerprint density at radius 3 is 2.12 bits per heavy atom. The van der Waals surface area contributed by atoms with E-state index in [4.69, 9.17) is 9.47 Å². The molecule has 2 aromatic rings. The van der Waals surface area contributed by atoms with Gasteiger partial charge in [0.05, 0.1) is 0 Å². The monoisotopic (exact) mass is 439 g/mol. The first-order valence-electron chi connectivity index (χ1n) is 10.7. The summed E-state index contributed by atoms with van der Waals surface area (Å²) in [4.78, 5) is 38.1. The average molecular weight is 440 g/mol. The molecule has 0 aromatic heterocycles. The fourth-order valence-corrected chi connectivity index (χ4v) is 3.34. The molecule has 170 valence electrons. The molecule has 0 unspecified atom stereocenters. The smallest absolute Gasteiger partial charge is 0.429 e. The van der Waals surface area contributed by atoms with Gasteiger partial charge in [0.1, 0.15) is 6.61 Å². The third-order valence-electron chi connectivity index (χ3n) is 4.88. The zero-order chi connectivity index (χ0) is 22.9. The molecule has 0 spiro atoms. The molecule has 3 amide bonds. The maximum atomic E-state index is 12.9. The lowest BCUT2D eigenvalue weighted by atomic mass is 10.1. The summed E-state index contributed by atoms with van der Waals surface area (Å²) in [5, 5.41) is 5.32. The summed E-state index contributed by atoms with van der Waals surface area (Å²) in [6.07, 6.45) is -1.09. The van der Waals surface area contributed by atoms with Crippen LogP contribution in [0.2, 0.25) is 0 Å². The highest BCUT2D eigenvalue weighted by Gasteiger charge is 2.35. The molecule has 8 heteroatoms. The first-order valence-corrected chi connectivity index (χ1v) is 10.7. The number of rotatable bonds is 7. The predicted molar refractivity (Wildman–Crippen MR) is 118 cm³/mol. The van der Waals surface area contributed by atoms with E-state index in [2.05, 4.69) is 5.32 Å². The fourth-order valence-electron chi connectivity index (χ4n) is 3.34. The van der Waals surface area contributed by atoms with Gasteiger partial charge in [0.2, 0.25) is 6.10 Å². The number of urea groups is 1. The van der Waals surface area contributed by atoms with Crippen molar-refractivity contribution in [1.29, 1.82) is 0 Å². The number of ether oxygens (including phenoxy) is 2. The van der Waals surface area contributed by atoms with Gasteiger partial charge in [0.15, 0.2) is 0 Å². The van der Waals surface area contributed by atoms with Crippen LogP contribution >= 0.6 is 0 Å². The summed E-state index contributed by atoms with van der Waals surface area (Å²) >= 11 is 0. The number of esters is 1. The summed E-state index contributed by atoms with van der Waals surface area (Å²) in [7, 11) is 0. The number of carbonyl (C=O) groups is 3. The van der Waals surface area contributed by atoms with E-state index in [1.165, 1.54) is 10.0 Å². The quantitative estimate of drug-likeness (QED) is 0.667. The largest absolute Gasteiger partial charge is 0.458 e. The Kier molecular flexibility index (Phi) is 8.08. The van der Waals surface area contributed by atoms with Crippen LogP contribution in [0.5, 0.6) is 0 Å². The van der Waals surface area contributed by atoms with Crippen molar-refractivity contribution in [2.45, 2.75) is 45.4 Å². The van der Waals surface area contributed by atoms with Crippen LogP contribution in [0, 0.1) is 0 Å². The van der Waals surface area contributed by atoms with Gasteiger partial charge in [-0.05, 0) is 31.4 Å². The third-order valence-corrected chi connectivity index (χ3v) is 4.88. The highest BCUT2D eigenvalue weighted by Crippen LogP contribution is 2.16. The molecule has 1 fully saturated rings. The van der Waals surface area contributed by atoms with Crippen LogP contribution in [0.4, 0.5) is 9.59 Å². The highest BCUT2D eigenvalue weighted by atomic mass is 16.6. The Hall–Kier alpha value is -3.55. The summed E-state index contributed by atoms with van der Waals surface area (Å²) < 4.78 is 11.0. The van der Waals surface area contributed by atoms with E-state index in [1.54, 1.807) is 0 Å². The Morgan fingerprint density at radius 1 is 0.906 bits per heavy atom. The first kappa shape index (κ1) is 23.1. The van der Waals surface area contributed by atoms with Gasteiger partial charge in [-0.2, -0.15) is 0 Å². The molecule has 1 heterocycles. The van der Waals surface area contributed by atoms with E-state index < -0.39 is 18.2 Å². The van der Waals surface area contributed by atoms with Crippen molar-refractivity contribution >= 4 is 18.1 Å². The van der Waals surface area contributed by atoms with Gasteiger partial charge in [0, 0.05) is 25.6 Å². The molecule has 3 rings (SSSR count). The topological polar surface area (TPSA) is 88.2 Å². The van der Waals surface area contributed by atoms with Crippen molar-refractivity contribution in [2.24, 2.45) is 0 Å². The van der Waals surface area contributed by atoms with Crippen LogP contribution in [0.25, 0.3) is 0 Å². The van der Waals surface area contributed by atoms with Crippen molar-refractivity contribution < 1.29 is 23.9 Å². The average Bonchev–Trinajstić information content (AvgIpc) is 3.28. The number of hydrazine groups is 1. The van der Waals surface area contributed by atoms with Gasteiger partial charge >= 0.3 is 18.1 Å². The molecule has 1 aliphatic heterocycles. The van der Waals surface area contributed by atoms with Crippen LogP contribution in [0.1, 0.15) is 31.4 Å². The van der Waals surface area contributed by atoms with E-state index in [0.29, 0.717) is 19.5 Å². The molecular formula is C24H29N3O5. The van der Waals surface area contributed by atoms with Crippen LogP contribution in [-0.2, 0) is 27.3 Å². The van der Waals surface area contributed by atoms with Gasteiger partial charge in [-0.1, -0.05) is 60.7 Å². The lowest BCUT2D eigenvalue weighted by Gasteiger charge is -2.29. The lowest BCUT2D eigenvalue weighted by molar-refractivity contribution is -0.156. The van der Waals surface area contributed by atoms with Crippen LogP contribution < -0.4 is 5.32 Å². The second kappa shape index (κ2) is 11.2. The number of amides is 3. The number of nitrogens with one attached hydrogen (secondary N) is 1. The fraction of sp³-hybridized carbons (Fsp3) is 0.375. The lowest BCUT2D eigenvalue weighted by Crippen LogP contribution is -2.51. The summed E-state index contributed by atoms with van der Waals surface area (Å²) in [5.74, 6) is -0.636. The number of carbonyl (C=O) groups excluding carboxylic acids is 3. The van der Waals surface area contributed by atoms with Crippen LogP contribution in [-0.4, -0.2) is 53.3 Å². The minimum atomic E-state index is -1.13. The zero-order valence-corrected chi connectivity index (χ0v) is 18.4. The Bertz CT molecular complexity index is 904. The van der Waals surface area contributed by atoms with Crippen molar-refractivity contribution in [3.8, 4) is 0 Å². The molecule has 0 radical (unpaired) electrons. The molecule has 0 saturated carbocycles. The second-order valence-electron chi connectivity index (χ2n) is 7.86. The minimum absolute atomic E-state index is 0.0697. The van der Waals surface area contributed by atoms with Crippen molar-refractivity contribution in [3.63, 3.8) is 0 Å². The molecule has 8 nitrogen and oxygen atoms in total. The number of benzene rings is 2. The standard InChI is InChI=1S/C24H29N3O5/c1-18(2)25-23(29)26-14-9-15-27(26)24(30)32-21(16-19-10-5-3-6-11-19)22(28)31-17-20-12-7-4-8-13-20/h3-8,10-13,18,21H,9,14-17H2,1-2H3,(H,25,29)/t21-/m0/s1. The molecular weight excluding hydrogens is 410 g/mol. The normalized spacial score (nSPS) is 14.2. The Balaban J connectivity index is 1.68. The minimum Gasteiger partial charge on any atom is -0.458 e. The van der Waals surface area contributed by atoms with Crippen molar-refractivity contribution in [2.75, 3.05) is 13.1 Å². The molecule has 1 aliphatic rings. The van der Waals surface area contributed by atoms with E-state index in [0.717, 1.165) is 11.1 Å². The van der Waals surface area contributed by atoms with E-state index in [9.17, 15) is 14.4 Å². The maximum Gasteiger partial charge on any atom is 0.429 e. The van der Waals surface area contributed by atoms with Crippen LogP contribution in [0.15, 0.2) is 60.7 Å². The Morgan fingerprint density at radius 2 is 1.50 bits per heavy atom. The SMILES string of the molecule is CC(C)NC(=O)N1CCCN1C(=O)O[C@@H](Cc1ccccc1)C(=O)OCc1ccccc1. The second-order valence-corrected chi connectivity index (χ2v) is 7.86. The maximum absolute atomic E-state index is 12.9. The molecule has 0 bridgehead atoms. The Labute approximate surface area is 188 Å². The number of hydrogen-bond donors (Lipinski definition) is 1. The summed E-state index contributed by atoms with van der Waals surface area (Å²) in [5.41, 5.74) is 1.67. The summed E-state index contributed by atoms with van der Waals surface area (Å²) in [6.45, 7) is 4.50. The van der Waals surface area contributed by atoms with E-state index in [1.807, 2.05) is 74.5 Å². The zero-order valence-electron chi connectivity index (χ0n) is 18.4. The molecule has 32 heavy (non-hydrogen) atoms. The van der Waals surface area contributed by atoms with Gasteiger partial charge in [-0.3, -0.25) is 0 Å². The van der Waals surface area contributed by atoms with E-state index >= 15 is 0 Å². The molecule has 2 aromatic carbocycles. The molecule has 1 atom stereocenters. The van der Waals surface area contributed by atoms with Gasteiger partial charge in [-0.25, -0.2) is 24.4 Å². The van der Waals surface area contributed by atoms with Crippen molar-refractivity contribution in [3.05, 3.63) is 71.8 Å². The van der Waals surface area contributed by atoms with Gasteiger partial charge in [-0.15, -0.1) is 0 Å². The summed E-state index contributed by atoms with van der Waals surface area (Å²) in [6, 6.07) is 18.1. The van der Waals surface area contributed by atoms with E-state index in [-0.39, 0.29) is 25.1 Å². The van der Waals surface area contributed by atoms with Crippen molar-refractivity contribution in [1.82, 2.24) is 15.3 Å². The molecule has 1 saturated heterocycles. The van der Waals surface area contributed by atoms with Gasteiger partial charge < -0.3 is 14.8 Å². The number of hydrogen-bond acceptors (Lipinski definition) is 5. The van der Waals surface area contributed by atoms with Crippen LogP contribution in [0.3, 0.4) is 0 Å². The third kappa shape index (κ3) is 6.47. The number of nitrogens with zero attached hydrogens (tertiary/aromatic N) is 2. The first-order chi connectivity index (χ1) is 15.4. The molecule has 0 aliphatic carbocycles. The van der Waals surface area contributed by atoms with Gasteiger partial charge in [0.25, 0.3) is 0 Å². The highest BCUT2D eigenvalue weighted by molar-refractivity contribution is 5.81.